The first-order chi connectivity index (χ1) is 14.2. The highest BCUT2D eigenvalue weighted by atomic mass is 79.9. The van der Waals surface area contributed by atoms with Crippen LogP contribution in [0.1, 0.15) is 41.1 Å². The number of anilines is 1. The van der Waals surface area contributed by atoms with E-state index in [0.717, 1.165) is 30.7 Å². The molecule has 1 aliphatic heterocycles. The number of amides is 2. The van der Waals surface area contributed by atoms with E-state index in [-0.39, 0.29) is 27.7 Å². The molecule has 1 aromatic carbocycles. The van der Waals surface area contributed by atoms with Crippen LogP contribution in [0.2, 0.25) is 0 Å². The number of hydrogen-bond acceptors (Lipinski definition) is 6. The number of rotatable bonds is 4. The summed E-state index contributed by atoms with van der Waals surface area (Å²) in [5, 5.41) is 0. The van der Waals surface area contributed by atoms with Gasteiger partial charge in [0, 0.05) is 17.6 Å². The monoisotopic (exact) mass is 498 g/mol. The third kappa shape index (κ3) is 4.11. The molecule has 30 heavy (non-hydrogen) atoms. The van der Waals surface area contributed by atoms with Crippen molar-refractivity contribution in [3.8, 4) is 0 Å². The zero-order chi connectivity index (χ0) is 22.1. The molecular weight excluding hydrogens is 476 g/mol. The molecule has 3 rings (SSSR count). The normalized spacial score (nSPS) is 14.5. The molecular formula is C20H23BrN2O6S. The summed E-state index contributed by atoms with van der Waals surface area (Å²) in [6.07, 6.45) is 2.59. The molecule has 162 valence electrons. The van der Waals surface area contributed by atoms with E-state index in [1.807, 2.05) is 0 Å². The maximum Gasteiger partial charge on any atom is 0.342 e. The van der Waals surface area contributed by atoms with E-state index in [1.54, 1.807) is 18.2 Å². The van der Waals surface area contributed by atoms with Gasteiger partial charge in [0.1, 0.15) is 22.0 Å². The van der Waals surface area contributed by atoms with E-state index in [0.29, 0.717) is 17.6 Å². The first-order valence-electron chi connectivity index (χ1n) is 9.46. The van der Waals surface area contributed by atoms with Gasteiger partial charge in [-0.25, -0.2) is 18.0 Å². The smallest absolute Gasteiger partial charge is 0.342 e. The van der Waals surface area contributed by atoms with Crippen LogP contribution in [0.25, 0.3) is 0 Å². The van der Waals surface area contributed by atoms with Gasteiger partial charge in [-0.05, 0) is 51.3 Å². The number of esters is 1. The molecule has 2 amide bonds. The van der Waals surface area contributed by atoms with Crippen LogP contribution in [0, 0.1) is 13.8 Å². The quantitative estimate of drug-likeness (QED) is 0.584. The standard InChI is InChI=1S/C20H23BrN2O6S/c1-13-17(19(24)28-3)18(14(2)29-13)30(26,27)23(16-9-7-8-15(21)12-16)20(25)22-10-5-4-6-11-22/h7-9,12H,4-6,10-11H2,1-3H3. The van der Waals surface area contributed by atoms with E-state index in [1.165, 1.54) is 24.8 Å². The van der Waals surface area contributed by atoms with Crippen molar-refractivity contribution >= 4 is 43.6 Å². The van der Waals surface area contributed by atoms with Crippen LogP contribution in [0.15, 0.2) is 38.1 Å². The summed E-state index contributed by atoms with van der Waals surface area (Å²) in [5.74, 6) is -0.723. The first-order valence-corrected chi connectivity index (χ1v) is 11.7. The Bertz CT molecular complexity index is 1070. The van der Waals surface area contributed by atoms with Crippen LogP contribution in [0.4, 0.5) is 10.5 Å². The molecule has 10 heteroatoms. The molecule has 1 aliphatic rings. The van der Waals surface area contributed by atoms with Crippen LogP contribution >= 0.6 is 15.9 Å². The lowest BCUT2D eigenvalue weighted by Crippen LogP contribution is -2.48. The lowest BCUT2D eigenvalue weighted by molar-refractivity contribution is 0.0594. The number of sulfonamides is 1. The molecule has 2 aromatic rings. The Kier molecular flexibility index (Phi) is 6.56. The molecule has 0 radical (unpaired) electrons. The van der Waals surface area contributed by atoms with Gasteiger partial charge in [-0.3, -0.25) is 0 Å². The Hall–Kier alpha value is -2.33. The molecule has 0 unspecified atom stereocenters. The number of nitrogens with zero attached hydrogens (tertiary/aromatic N) is 2. The number of likely N-dealkylation sites (tertiary alicyclic amines) is 1. The van der Waals surface area contributed by atoms with Gasteiger partial charge < -0.3 is 14.1 Å². The first kappa shape index (κ1) is 22.4. The molecule has 2 heterocycles. The van der Waals surface area contributed by atoms with Gasteiger partial charge in [0.15, 0.2) is 0 Å². The minimum atomic E-state index is -4.49. The number of piperidine rings is 1. The molecule has 0 N–H and O–H groups in total. The van der Waals surface area contributed by atoms with Crippen molar-refractivity contribution < 1.29 is 27.2 Å². The Labute approximate surface area is 184 Å². The van der Waals surface area contributed by atoms with Gasteiger partial charge in [0.2, 0.25) is 0 Å². The fraction of sp³-hybridized carbons (Fsp3) is 0.400. The summed E-state index contributed by atoms with van der Waals surface area (Å²) in [6.45, 7) is 3.85. The summed E-state index contributed by atoms with van der Waals surface area (Å²) in [4.78, 5) is 26.9. The number of ether oxygens (including phenoxy) is 1. The molecule has 1 aromatic heterocycles. The molecule has 1 fully saturated rings. The molecule has 0 saturated carbocycles. The van der Waals surface area contributed by atoms with Gasteiger partial charge in [-0.1, -0.05) is 22.0 Å². The number of carbonyl (C=O) groups excluding carboxylic acids is 2. The Morgan fingerprint density at radius 3 is 2.40 bits per heavy atom. The highest BCUT2D eigenvalue weighted by Gasteiger charge is 2.41. The fourth-order valence-electron chi connectivity index (χ4n) is 3.57. The number of furan rings is 1. The number of methoxy groups -OCH3 is 1. The molecule has 0 spiro atoms. The van der Waals surface area contributed by atoms with Crippen LogP contribution in [-0.2, 0) is 14.8 Å². The second kappa shape index (κ2) is 8.81. The fourth-order valence-corrected chi connectivity index (χ4v) is 5.74. The van der Waals surface area contributed by atoms with Crippen LogP contribution in [0.5, 0.6) is 0 Å². The molecule has 8 nitrogen and oxygen atoms in total. The minimum absolute atomic E-state index is 0.0133. The van der Waals surface area contributed by atoms with Gasteiger partial charge in [-0.2, -0.15) is 4.31 Å². The maximum atomic E-state index is 13.8. The Balaban J connectivity index is 2.21. The van der Waals surface area contributed by atoms with Crippen LogP contribution in [0.3, 0.4) is 0 Å². The lowest BCUT2D eigenvalue weighted by atomic mass is 10.1. The molecule has 0 atom stereocenters. The second-order valence-electron chi connectivity index (χ2n) is 6.99. The highest BCUT2D eigenvalue weighted by Crippen LogP contribution is 2.34. The number of halogens is 1. The predicted molar refractivity (Wildman–Crippen MR) is 114 cm³/mol. The van der Waals surface area contributed by atoms with E-state index in [9.17, 15) is 18.0 Å². The topological polar surface area (TPSA) is 97.1 Å². The summed E-state index contributed by atoms with van der Waals surface area (Å²) in [7, 11) is -3.33. The largest absolute Gasteiger partial charge is 0.465 e. The Morgan fingerprint density at radius 2 is 1.80 bits per heavy atom. The Morgan fingerprint density at radius 1 is 1.13 bits per heavy atom. The predicted octanol–water partition coefficient (Wildman–Crippen LogP) is 4.25. The second-order valence-corrected chi connectivity index (χ2v) is 9.63. The number of aryl methyl sites for hydroxylation is 2. The third-order valence-electron chi connectivity index (χ3n) is 4.94. The summed E-state index contributed by atoms with van der Waals surface area (Å²) in [5.41, 5.74) is -0.0459. The van der Waals surface area contributed by atoms with Crippen molar-refractivity contribution in [3.63, 3.8) is 0 Å². The molecule has 0 aliphatic carbocycles. The van der Waals surface area contributed by atoms with Gasteiger partial charge in [0.25, 0.3) is 10.0 Å². The van der Waals surface area contributed by atoms with Gasteiger partial charge in [-0.15, -0.1) is 0 Å². The third-order valence-corrected chi connectivity index (χ3v) is 7.28. The van der Waals surface area contributed by atoms with Crippen molar-refractivity contribution in [2.24, 2.45) is 0 Å². The van der Waals surface area contributed by atoms with Gasteiger partial charge >= 0.3 is 12.0 Å². The summed E-state index contributed by atoms with van der Waals surface area (Å²) in [6, 6.07) is 5.78. The molecule has 0 bridgehead atoms. The van der Waals surface area contributed by atoms with Crippen molar-refractivity contribution in [2.45, 2.75) is 38.0 Å². The van der Waals surface area contributed by atoms with Crippen molar-refractivity contribution in [3.05, 3.63) is 45.8 Å². The van der Waals surface area contributed by atoms with Crippen LogP contribution < -0.4 is 4.31 Å². The van der Waals surface area contributed by atoms with Crippen molar-refractivity contribution in [1.29, 1.82) is 0 Å². The van der Waals surface area contributed by atoms with E-state index >= 15 is 0 Å². The maximum absolute atomic E-state index is 13.8. The summed E-state index contributed by atoms with van der Waals surface area (Å²) < 4.78 is 39.2. The number of benzene rings is 1. The van der Waals surface area contributed by atoms with Crippen molar-refractivity contribution in [1.82, 2.24) is 4.90 Å². The number of urea groups is 1. The SMILES string of the molecule is COC(=O)c1c(C)oc(C)c1S(=O)(=O)N(C(=O)N1CCCCC1)c1cccc(Br)c1. The van der Waals surface area contributed by atoms with Crippen molar-refractivity contribution in [2.75, 3.05) is 24.5 Å². The minimum Gasteiger partial charge on any atom is -0.465 e. The van der Waals surface area contributed by atoms with Crippen LogP contribution in [-0.4, -0.2) is 45.5 Å². The average molecular weight is 499 g/mol. The number of hydrogen-bond donors (Lipinski definition) is 0. The zero-order valence-electron chi connectivity index (χ0n) is 17.0. The van der Waals surface area contributed by atoms with E-state index in [2.05, 4.69) is 15.9 Å². The lowest BCUT2D eigenvalue weighted by Gasteiger charge is -2.32. The van der Waals surface area contributed by atoms with E-state index in [4.69, 9.17) is 9.15 Å². The molecule has 1 saturated heterocycles. The summed E-state index contributed by atoms with van der Waals surface area (Å²) >= 11 is 3.33. The van der Waals surface area contributed by atoms with E-state index < -0.39 is 22.0 Å². The number of carbonyl (C=O) groups is 2. The highest BCUT2D eigenvalue weighted by molar-refractivity contribution is 9.10. The zero-order valence-corrected chi connectivity index (χ0v) is 19.4. The average Bonchev–Trinajstić information content (AvgIpc) is 3.02. The van der Waals surface area contributed by atoms with Gasteiger partial charge in [0.05, 0.1) is 12.8 Å².